The summed E-state index contributed by atoms with van der Waals surface area (Å²) in [6.07, 6.45) is 4.75. The van der Waals surface area contributed by atoms with E-state index in [1.54, 1.807) is 36.4 Å². The molecule has 210 valence electrons. The van der Waals surface area contributed by atoms with Gasteiger partial charge in [-0.25, -0.2) is 22.5 Å². The van der Waals surface area contributed by atoms with E-state index in [0.29, 0.717) is 30.9 Å². The molecule has 1 aliphatic rings. The second-order valence-corrected chi connectivity index (χ2v) is 13.0. The van der Waals surface area contributed by atoms with Crippen molar-refractivity contribution in [2.45, 2.75) is 37.0 Å². The Morgan fingerprint density at radius 2 is 1.50 bits per heavy atom. The van der Waals surface area contributed by atoms with Crippen LogP contribution in [0.5, 0.6) is 0 Å². The first kappa shape index (κ1) is 28.4. The van der Waals surface area contributed by atoms with Crippen molar-refractivity contribution in [3.8, 4) is 0 Å². The fourth-order valence-corrected chi connectivity index (χ4v) is 6.45. The van der Waals surface area contributed by atoms with Crippen LogP contribution in [-0.2, 0) is 16.4 Å². The molecule has 1 fully saturated rings. The van der Waals surface area contributed by atoms with Crippen molar-refractivity contribution in [3.63, 3.8) is 0 Å². The molecule has 0 amide bonds. The van der Waals surface area contributed by atoms with E-state index in [4.69, 9.17) is 9.97 Å². The van der Waals surface area contributed by atoms with Crippen molar-refractivity contribution >= 4 is 48.6 Å². The maximum atomic E-state index is 13.2. The van der Waals surface area contributed by atoms with Gasteiger partial charge in [0.25, 0.3) is 0 Å². The second-order valence-electron chi connectivity index (χ2n) is 10.3. The summed E-state index contributed by atoms with van der Waals surface area (Å²) < 4.78 is 42.1. The first-order chi connectivity index (χ1) is 19.4. The highest BCUT2D eigenvalue weighted by atomic mass is 79.9. The fourth-order valence-electron chi connectivity index (χ4n) is 5.07. The number of nitrogens with one attached hydrogen (secondary N) is 3. The minimum Gasteiger partial charge on any atom is -0.369 e. The molecule has 7 nitrogen and oxygen atoms in total. The largest absolute Gasteiger partial charge is 0.369 e. The van der Waals surface area contributed by atoms with E-state index in [2.05, 4.69) is 31.3 Å². The molecule has 3 N–H and O–H groups in total. The summed E-state index contributed by atoms with van der Waals surface area (Å²) in [6.45, 7) is 1.89. The molecule has 1 saturated carbocycles. The Morgan fingerprint density at radius 1 is 0.825 bits per heavy atom. The summed E-state index contributed by atoms with van der Waals surface area (Å²) >= 11 is 3.34. The van der Waals surface area contributed by atoms with E-state index in [9.17, 15) is 12.8 Å². The van der Waals surface area contributed by atoms with Gasteiger partial charge in [-0.3, -0.25) is 0 Å². The number of aromatic nitrogens is 2. The van der Waals surface area contributed by atoms with Crippen molar-refractivity contribution in [2.75, 3.05) is 30.3 Å². The zero-order valence-corrected chi connectivity index (χ0v) is 24.5. The highest BCUT2D eigenvalue weighted by Gasteiger charge is 2.23. The van der Waals surface area contributed by atoms with Gasteiger partial charge in [-0.2, -0.15) is 4.98 Å². The molecule has 4 aromatic rings. The van der Waals surface area contributed by atoms with Crippen LogP contribution in [-0.4, -0.2) is 38.0 Å². The Bertz CT molecular complexity index is 1530. The Balaban J connectivity index is 1.12. The predicted molar refractivity (Wildman–Crippen MR) is 161 cm³/mol. The normalized spacial score (nSPS) is 17.6. The Hall–Kier alpha value is -3.08. The fraction of sp³-hybridized carbons (Fsp3) is 0.333. The molecule has 0 radical (unpaired) electrons. The van der Waals surface area contributed by atoms with Gasteiger partial charge in [0.2, 0.25) is 16.0 Å². The van der Waals surface area contributed by atoms with Crippen LogP contribution in [0.2, 0.25) is 0 Å². The van der Waals surface area contributed by atoms with Gasteiger partial charge < -0.3 is 10.6 Å². The minimum absolute atomic E-state index is 0.232. The van der Waals surface area contributed by atoms with E-state index in [1.165, 1.54) is 12.1 Å². The van der Waals surface area contributed by atoms with Gasteiger partial charge in [0.1, 0.15) is 11.6 Å². The van der Waals surface area contributed by atoms with Gasteiger partial charge in [-0.05, 0) is 98.0 Å². The van der Waals surface area contributed by atoms with Gasteiger partial charge >= 0.3 is 0 Å². The van der Waals surface area contributed by atoms with Gasteiger partial charge in [0, 0.05) is 29.5 Å². The molecule has 0 spiro atoms. The lowest BCUT2D eigenvalue weighted by molar-refractivity contribution is 0.284. The molecule has 1 aliphatic carbocycles. The number of hydrogen-bond donors (Lipinski definition) is 3. The number of nitrogens with zero attached hydrogens (tertiary/aromatic N) is 2. The molecular weight excluding hydrogens is 593 g/mol. The van der Waals surface area contributed by atoms with Crippen molar-refractivity contribution < 1.29 is 12.8 Å². The molecule has 0 saturated heterocycles. The van der Waals surface area contributed by atoms with Crippen molar-refractivity contribution in [3.05, 3.63) is 88.6 Å². The molecule has 40 heavy (non-hydrogen) atoms. The van der Waals surface area contributed by atoms with Crippen LogP contribution >= 0.6 is 15.9 Å². The number of sulfonamides is 1. The molecule has 0 aliphatic heterocycles. The smallest absolute Gasteiger partial charge is 0.240 e. The Kier molecular flexibility index (Phi) is 9.29. The standard InChI is InChI=1S/C30H33BrFN5O2S/c31-24-11-15-26(16-12-24)40(38,39)35-20-23-7-5-22(6-8-23)19-34-30-36-28-4-2-1-3-27(28)29(37-30)33-18-17-21-9-13-25(32)14-10-21/h1-4,9-16,22-23,35H,5-8,17-20H2,(H2,33,34,36,37). The first-order valence-electron chi connectivity index (χ1n) is 13.6. The second kappa shape index (κ2) is 13.1. The monoisotopic (exact) mass is 625 g/mol. The first-order valence-corrected chi connectivity index (χ1v) is 15.9. The zero-order valence-electron chi connectivity index (χ0n) is 22.1. The third kappa shape index (κ3) is 7.56. The molecular formula is C30H33BrFN5O2S. The minimum atomic E-state index is -3.50. The van der Waals surface area contributed by atoms with E-state index < -0.39 is 10.0 Å². The third-order valence-corrected chi connectivity index (χ3v) is 9.39. The molecule has 1 heterocycles. The summed E-state index contributed by atoms with van der Waals surface area (Å²) in [7, 11) is -3.50. The molecule has 5 rings (SSSR count). The number of benzene rings is 3. The maximum Gasteiger partial charge on any atom is 0.240 e. The number of fused-ring (bicyclic) bond motifs is 1. The van der Waals surface area contributed by atoms with Gasteiger partial charge in [0.05, 0.1) is 10.4 Å². The Morgan fingerprint density at radius 3 is 2.23 bits per heavy atom. The molecule has 0 atom stereocenters. The number of halogens is 2. The topological polar surface area (TPSA) is 96.0 Å². The van der Waals surface area contributed by atoms with Crippen LogP contribution in [0.1, 0.15) is 31.2 Å². The number of rotatable bonds is 11. The average molecular weight is 627 g/mol. The van der Waals surface area contributed by atoms with Crippen LogP contribution in [0.3, 0.4) is 0 Å². The SMILES string of the molecule is O=S(=O)(NCC1CCC(CNc2nc(NCCc3ccc(F)cc3)c3ccccc3n2)CC1)c1ccc(Br)cc1. The lowest BCUT2D eigenvalue weighted by atomic mass is 9.82. The average Bonchev–Trinajstić information content (AvgIpc) is 2.97. The highest BCUT2D eigenvalue weighted by Crippen LogP contribution is 2.29. The summed E-state index contributed by atoms with van der Waals surface area (Å²) in [6, 6.07) is 21.2. The van der Waals surface area contributed by atoms with E-state index >= 15 is 0 Å². The van der Waals surface area contributed by atoms with Crippen LogP contribution in [0, 0.1) is 17.7 Å². The molecule has 10 heteroatoms. The summed E-state index contributed by atoms with van der Waals surface area (Å²) in [5.74, 6) is 1.94. The predicted octanol–water partition coefficient (Wildman–Crippen LogP) is 6.38. The van der Waals surface area contributed by atoms with Crippen molar-refractivity contribution in [1.29, 1.82) is 0 Å². The Labute approximate surface area is 243 Å². The third-order valence-electron chi connectivity index (χ3n) is 7.42. The van der Waals surface area contributed by atoms with Gasteiger partial charge in [-0.15, -0.1) is 0 Å². The van der Waals surface area contributed by atoms with Crippen LogP contribution < -0.4 is 15.4 Å². The van der Waals surface area contributed by atoms with Crippen molar-refractivity contribution in [1.82, 2.24) is 14.7 Å². The lowest BCUT2D eigenvalue weighted by Gasteiger charge is -2.28. The zero-order chi connectivity index (χ0) is 28.0. The number of anilines is 2. The highest BCUT2D eigenvalue weighted by molar-refractivity contribution is 9.10. The molecule has 0 bridgehead atoms. The van der Waals surface area contributed by atoms with Crippen molar-refractivity contribution in [2.24, 2.45) is 11.8 Å². The summed E-state index contributed by atoms with van der Waals surface area (Å²) in [5, 5.41) is 7.83. The number of hydrogen-bond acceptors (Lipinski definition) is 6. The molecule has 1 aromatic heterocycles. The van der Waals surface area contributed by atoms with E-state index in [1.807, 2.05) is 24.3 Å². The number of para-hydroxylation sites is 1. The van der Waals surface area contributed by atoms with Crippen LogP contribution in [0.25, 0.3) is 10.9 Å². The van der Waals surface area contributed by atoms with Crippen LogP contribution in [0.15, 0.2) is 82.2 Å². The summed E-state index contributed by atoms with van der Waals surface area (Å²) in [4.78, 5) is 9.77. The van der Waals surface area contributed by atoms with E-state index in [-0.39, 0.29) is 10.7 Å². The summed E-state index contributed by atoms with van der Waals surface area (Å²) in [5.41, 5.74) is 1.92. The lowest BCUT2D eigenvalue weighted by Crippen LogP contribution is -2.32. The van der Waals surface area contributed by atoms with Crippen LogP contribution in [0.4, 0.5) is 16.2 Å². The maximum absolute atomic E-state index is 13.2. The molecule has 0 unspecified atom stereocenters. The quantitative estimate of drug-likeness (QED) is 0.179. The van der Waals surface area contributed by atoms with E-state index in [0.717, 1.165) is 65.4 Å². The van der Waals surface area contributed by atoms with Gasteiger partial charge in [-0.1, -0.05) is 40.2 Å². The van der Waals surface area contributed by atoms with Gasteiger partial charge in [0.15, 0.2) is 0 Å². The molecule has 3 aromatic carbocycles.